The van der Waals surface area contributed by atoms with Crippen LogP contribution in [0.25, 0.3) is 6.08 Å². The molecule has 2 aliphatic rings. The van der Waals surface area contributed by atoms with Crippen LogP contribution in [0.4, 0.5) is 0 Å². The van der Waals surface area contributed by atoms with Gasteiger partial charge in [-0.3, -0.25) is 9.59 Å². The molecule has 0 unspecified atom stereocenters. The molecule has 0 N–H and O–H groups in total. The molecule has 116 valence electrons. The minimum Gasteiger partial charge on any atom is -0.345 e. The number of benzene rings is 1. The zero-order valence-electron chi connectivity index (χ0n) is 13.0. The molecule has 1 atom stereocenters. The first-order valence-corrected chi connectivity index (χ1v) is 7.83. The minimum absolute atomic E-state index is 0.0218. The van der Waals surface area contributed by atoms with E-state index < -0.39 is 0 Å². The Morgan fingerprint density at radius 1 is 1.23 bits per heavy atom. The molecule has 0 aliphatic carbocycles. The molecular formula is C18H22N2O2. The number of hydrogen-bond acceptors (Lipinski definition) is 2. The number of likely N-dealkylation sites (tertiary alicyclic amines) is 2. The van der Waals surface area contributed by atoms with E-state index in [9.17, 15) is 9.59 Å². The predicted octanol–water partition coefficient (Wildman–Crippen LogP) is 2.41. The fourth-order valence-corrected chi connectivity index (χ4v) is 3.64. The van der Waals surface area contributed by atoms with Crippen LogP contribution in [0.2, 0.25) is 0 Å². The van der Waals surface area contributed by atoms with Crippen LogP contribution >= 0.6 is 0 Å². The summed E-state index contributed by atoms with van der Waals surface area (Å²) in [6.07, 6.45) is 4.47. The summed E-state index contributed by atoms with van der Waals surface area (Å²) in [5.74, 6) is 0.226. The summed E-state index contributed by atoms with van der Waals surface area (Å²) >= 11 is 0. The van der Waals surface area contributed by atoms with Gasteiger partial charge in [-0.05, 0) is 37.0 Å². The summed E-state index contributed by atoms with van der Waals surface area (Å²) < 4.78 is 0. The smallest absolute Gasteiger partial charge is 0.253 e. The monoisotopic (exact) mass is 298 g/mol. The Labute approximate surface area is 131 Å². The van der Waals surface area contributed by atoms with Crippen LogP contribution in [-0.2, 0) is 4.79 Å². The zero-order valence-corrected chi connectivity index (χ0v) is 13.0. The number of amides is 2. The van der Waals surface area contributed by atoms with Crippen molar-refractivity contribution in [3.05, 3.63) is 42.0 Å². The van der Waals surface area contributed by atoms with E-state index in [4.69, 9.17) is 0 Å². The molecule has 0 bridgehead atoms. The quantitative estimate of drug-likeness (QED) is 0.841. The molecule has 4 heteroatoms. The van der Waals surface area contributed by atoms with E-state index in [0.29, 0.717) is 18.7 Å². The fourth-order valence-electron chi connectivity index (χ4n) is 3.64. The Bertz CT molecular complexity index is 608. The van der Waals surface area contributed by atoms with Crippen molar-refractivity contribution in [1.29, 1.82) is 0 Å². The number of hydrogen-bond donors (Lipinski definition) is 0. The van der Waals surface area contributed by atoms with E-state index in [-0.39, 0.29) is 17.2 Å². The third kappa shape index (κ3) is 2.43. The first kappa shape index (κ1) is 14.8. The van der Waals surface area contributed by atoms with Gasteiger partial charge in [-0.15, -0.1) is 0 Å². The largest absolute Gasteiger partial charge is 0.345 e. The molecule has 2 aliphatic heterocycles. The first-order valence-electron chi connectivity index (χ1n) is 7.83. The lowest BCUT2D eigenvalue weighted by Crippen LogP contribution is -2.48. The van der Waals surface area contributed by atoms with Gasteiger partial charge >= 0.3 is 0 Å². The Morgan fingerprint density at radius 3 is 2.64 bits per heavy atom. The Kier molecular flexibility index (Phi) is 3.77. The highest BCUT2D eigenvalue weighted by atomic mass is 16.2. The van der Waals surface area contributed by atoms with Crippen molar-refractivity contribution in [3.8, 4) is 0 Å². The van der Waals surface area contributed by atoms with Gasteiger partial charge in [-0.2, -0.15) is 0 Å². The molecule has 2 amide bonds. The molecule has 0 radical (unpaired) electrons. The second kappa shape index (κ2) is 5.59. The molecule has 2 heterocycles. The normalized spacial score (nSPS) is 24.9. The van der Waals surface area contributed by atoms with Gasteiger partial charge in [0.15, 0.2) is 0 Å². The maximum absolute atomic E-state index is 12.6. The average molecular weight is 298 g/mol. The van der Waals surface area contributed by atoms with Crippen molar-refractivity contribution in [2.45, 2.75) is 19.3 Å². The third-order valence-electron chi connectivity index (χ3n) is 4.98. The maximum Gasteiger partial charge on any atom is 0.253 e. The molecule has 1 spiro atoms. The van der Waals surface area contributed by atoms with Crippen LogP contribution in [0, 0.1) is 5.41 Å². The van der Waals surface area contributed by atoms with Crippen molar-refractivity contribution < 1.29 is 9.59 Å². The number of carbonyl (C=O) groups excluding carboxylic acids is 2. The van der Waals surface area contributed by atoms with Crippen LogP contribution in [0.5, 0.6) is 0 Å². The minimum atomic E-state index is -0.344. The molecule has 3 rings (SSSR count). The Morgan fingerprint density at radius 2 is 1.95 bits per heavy atom. The summed E-state index contributed by atoms with van der Waals surface area (Å²) in [7, 11) is 1.86. The van der Waals surface area contributed by atoms with E-state index >= 15 is 0 Å². The van der Waals surface area contributed by atoms with Crippen LogP contribution in [0.3, 0.4) is 0 Å². The second-order valence-corrected chi connectivity index (χ2v) is 6.41. The number of nitrogens with zero attached hydrogens (tertiary/aromatic N) is 2. The maximum atomic E-state index is 12.6. The van der Waals surface area contributed by atoms with Gasteiger partial charge in [0.25, 0.3) is 5.91 Å². The van der Waals surface area contributed by atoms with Gasteiger partial charge in [0.05, 0.1) is 5.41 Å². The Hall–Kier alpha value is -2.10. The molecule has 0 aromatic heterocycles. The van der Waals surface area contributed by atoms with Crippen LogP contribution in [0.15, 0.2) is 30.8 Å². The van der Waals surface area contributed by atoms with Crippen molar-refractivity contribution in [2.24, 2.45) is 5.41 Å². The summed E-state index contributed by atoms with van der Waals surface area (Å²) in [6.45, 7) is 5.77. The summed E-state index contributed by atoms with van der Waals surface area (Å²) in [4.78, 5) is 28.8. The van der Waals surface area contributed by atoms with Crippen molar-refractivity contribution in [3.63, 3.8) is 0 Å². The third-order valence-corrected chi connectivity index (χ3v) is 4.98. The molecule has 2 fully saturated rings. The van der Waals surface area contributed by atoms with Crippen molar-refractivity contribution in [1.82, 2.24) is 9.80 Å². The molecule has 2 saturated heterocycles. The summed E-state index contributed by atoms with van der Waals surface area (Å²) in [5, 5.41) is 0. The highest BCUT2D eigenvalue weighted by Gasteiger charge is 2.48. The van der Waals surface area contributed by atoms with Gasteiger partial charge < -0.3 is 9.80 Å². The Balaban J connectivity index is 1.75. The standard InChI is InChI=1S/C18H22N2O2/c1-3-14-5-7-15(8-6-14)16(21)20-12-10-18(13-20)9-4-11-19(2)17(18)22/h3,5-8H,1,4,9-13H2,2H3/t18-/m1/s1. The van der Waals surface area contributed by atoms with Crippen molar-refractivity contribution in [2.75, 3.05) is 26.7 Å². The molecule has 0 saturated carbocycles. The molecule has 22 heavy (non-hydrogen) atoms. The van der Waals surface area contributed by atoms with E-state index in [1.807, 2.05) is 41.1 Å². The van der Waals surface area contributed by atoms with Gasteiger partial charge in [0.1, 0.15) is 0 Å². The second-order valence-electron chi connectivity index (χ2n) is 6.41. The van der Waals surface area contributed by atoms with Gasteiger partial charge in [-0.25, -0.2) is 0 Å². The summed E-state index contributed by atoms with van der Waals surface area (Å²) in [5.41, 5.74) is 1.33. The lowest BCUT2D eigenvalue weighted by molar-refractivity contribution is -0.143. The molecule has 4 nitrogen and oxygen atoms in total. The molecule has 1 aromatic rings. The molecule has 1 aromatic carbocycles. The highest BCUT2D eigenvalue weighted by molar-refractivity contribution is 5.95. The molecular weight excluding hydrogens is 276 g/mol. The number of carbonyl (C=O) groups is 2. The SMILES string of the molecule is C=Cc1ccc(C(=O)N2CC[C@]3(CCCN(C)C3=O)C2)cc1. The van der Waals surface area contributed by atoms with Crippen LogP contribution < -0.4 is 0 Å². The van der Waals surface area contributed by atoms with E-state index in [0.717, 1.165) is 31.4 Å². The van der Waals surface area contributed by atoms with Crippen LogP contribution in [0.1, 0.15) is 35.2 Å². The summed E-state index contributed by atoms with van der Waals surface area (Å²) in [6, 6.07) is 7.45. The van der Waals surface area contributed by atoms with E-state index in [2.05, 4.69) is 6.58 Å². The van der Waals surface area contributed by atoms with E-state index in [1.54, 1.807) is 6.08 Å². The first-order chi connectivity index (χ1) is 10.6. The fraction of sp³-hybridized carbons (Fsp3) is 0.444. The highest BCUT2D eigenvalue weighted by Crippen LogP contribution is 2.40. The predicted molar refractivity (Wildman–Crippen MR) is 86.4 cm³/mol. The zero-order chi connectivity index (χ0) is 15.7. The lowest BCUT2D eigenvalue weighted by Gasteiger charge is -2.37. The number of rotatable bonds is 2. The van der Waals surface area contributed by atoms with Gasteiger partial charge in [-0.1, -0.05) is 24.8 Å². The van der Waals surface area contributed by atoms with E-state index in [1.165, 1.54) is 0 Å². The topological polar surface area (TPSA) is 40.6 Å². The number of piperidine rings is 1. The van der Waals surface area contributed by atoms with Crippen molar-refractivity contribution >= 4 is 17.9 Å². The van der Waals surface area contributed by atoms with Gasteiger partial charge in [0.2, 0.25) is 5.91 Å². The van der Waals surface area contributed by atoms with Gasteiger partial charge in [0, 0.05) is 32.2 Å². The van der Waals surface area contributed by atoms with Crippen LogP contribution in [-0.4, -0.2) is 48.3 Å². The lowest BCUT2D eigenvalue weighted by atomic mass is 9.78. The average Bonchev–Trinajstić information content (AvgIpc) is 2.97.